The number of aliphatic hydroxyl groups is 8. The van der Waals surface area contributed by atoms with Gasteiger partial charge in [-0.1, -0.05) is 0 Å². The zero-order valence-corrected chi connectivity index (χ0v) is 12.7. The number of hydrogen-bond acceptors (Lipinski definition) is 11. The second-order valence-electron chi connectivity index (χ2n) is 6.02. The lowest BCUT2D eigenvalue weighted by atomic mass is 9.95. The average Bonchev–Trinajstić information content (AvgIpc) is 2.57. The molecule has 2 fully saturated rings. The zero-order valence-electron chi connectivity index (χ0n) is 12.7. The van der Waals surface area contributed by atoms with E-state index >= 15 is 0 Å². The average molecular weight is 356 g/mol. The zero-order chi connectivity index (χ0) is 18.1. The van der Waals surface area contributed by atoms with Gasteiger partial charge in [-0.25, -0.2) is 0 Å². The van der Waals surface area contributed by atoms with Crippen LogP contribution in [0.2, 0.25) is 0 Å². The van der Waals surface area contributed by atoms with Crippen LogP contribution in [0, 0.1) is 0 Å². The molecule has 2 rings (SSSR count). The third-order valence-corrected chi connectivity index (χ3v) is 4.22. The van der Waals surface area contributed by atoms with Crippen LogP contribution in [-0.4, -0.2) is 115 Å². The summed E-state index contributed by atoms with van der Waals surface area (Å²) in [6.07, 6.45) is -11.4. The van der Waals surface area contributed by atoms with E-state index in [-0.39, 0.29) is 13.0 Å². The Morgan fingerprint density at radius 2 is 1.67 bits per heavy atom. The Balaban J connectivity index is 1.95. The van der Waals surface area contributed by atoms with E-state index in [4.69, 9.17) is 24.4 Å². The van der Waals surface area contributed by atoms with Gasteiger partial charge >= 0.3 is 0 Å². The minimum absolute atomic E-state index is 0.124. The highest BCUT2D eigenvalue weighted by atomic mass is 16.7. The second-order valence-corrected chi connectivity index (χ2v) is 6.02. The monoisotopic (exact) mass is 356 g/mol. The van der Waals surface area contributed by atoms with Crippen molar-refractivity contribution >= 4 is 0 Å². The fourth-order valence-corrected chi connectivity index (χ4v) is 2.75. The van der Waals surface area contributed by atoms with Crippen molar-refractivity contribution < 1.29 is 55.1 Å². The molecule has 24 heavy (non-hydrogen) atoms. The smallest absolute Gasteiger partial charge is 0.218 e. The number of ether oxygens (including phenoxy) is 3. The van der Waals surface area contributed by atoms with Gasteiger partial charge in [0.05, 0.1) is 32.0 Å². The van der Waals surface area contributed by atoms with Crippen molar-refractivity contribution in [3.8, 4) is 0 Å². The van der Waals surface area contributed by atoms with E-state index in [0.717, 1.165) is 0 Å². The van der Waals surface area contributed by atoms with E-state index in [9.17, 15) is 30.6 Å². The van der Waals surface area contributed by atoms with Crippen molar-refractivity contribution in [1.29, 1.82) is 0 Å². The first-order chi connectivity index (χ1) is 11.2. The van der Waals surface area contributed by atoms with Gasteiger partial charge in [-0.05, 0) is 0 Å². The van der Waals surface area contributed by atoms with Crippen LogP contribution in [0.15, 0.2) is 0 Å². The lowest BCUT2D eigenvalue weighted by Gasteiger charge is -2.43. The first-order valence-electron chi connectivity index (χ1n) is 7.52. The van der Waals surface area contributed by atoms with Crippen LogP contribution in [0.3, 0.4) is 0 Å². The second kappa shape index (κ2) is 7.85. The van der Waals surface area contributed by atoms with Gasteiger partial charge in [0, 0.05) is 6.42 Å². The van der Waals surface area contributed by atoms with Crippen LogP contribution in [0.25, 0.3) is 0 Å². The Morgan fingerprint density at radius 1 is 1.00 bits per heavy atom. The molecule has 0 spiro atoms. The Kier molecular flexibility index (Phi) is 6.50. The van der Waals surface area contributed by atoms with Crippen molar-refractivity contribution in [1.82, 2.24) is 0 Å². The van der Waals surface area contributed by atoms with Crippen molar-refractivity contribution in [3.05, 3.63) is 0 Å². The Bertz CT molecular complexity index is 407. The van der Waals surface area contributed by atoms with Crippen LogP contribution < -0.4 is 0 Å². The molecule has 0 saturated carbocycles. The van der Waals surface area contributed by atoms with E-state index in [0.29, 0.717) is 0 Å². The fraction of sp³-hybridized carbons (Fsp3) is 1.00. The largest absolute Gasteiger partial charge is 0.394 e. The van der Waals surface area contributed by atoms with E-state index < -0.39 is 68.0 Å². The summed E-state index contributed by atoms with van der Waals surface area (Å²) in [6.45, 7) is -1.89. The first kappa shape index (κ1) is 19.9. The first-order valence-corrected chi connectivity index (χ1v) is 7.52. The molecular weight excluding hydrogens is 332 g/mol. The topological polar surface area (TPSA) is 190 Å². The molecule has 0 aliphatic carbocycles. The number of rotatable bonds is 5. The van der Waals surface area contributed by atoms with Crippen LogP contribution in [0.1, 0.15) is 6.42 Å². The van der Waals surface area contributed by atoms with Crippen LogP contribution in [-0.2, 0) is 14.2 Å². The number of aliphatic hydroxyl groups excluding tert-OH is 7. The summed E-state index contributed by atoms with van der Waals surface area (Å²) in [5.41, 5.74) is 0. The maximum Gasteiger partial charge on any atom is 0.218 e. The summed E-state index contributed by atoms with van der Waals surface area (Å²) >= 11 is 0. The maximum absolute atomic E-state index is 9.91. The van der Waals surface area contributed by atoms with Crippen molar-refractivity contribution in [2.24, 2.45) is 0 Å². The number of hydrogen-bond donors (Lipinski definition) is 8. The van der Waals surface area contributed by atoms with Crippen molar-refractivity contribution in [2.75, 3.05) is 19.8 Å². The molecule has 2 heterocycles. The van der Waals surface area contributed by atoms with Crippen molar-refractivity contribution in [2.45, 2.75) is 61.2 Å². The Morgan fingerprint density at radius 3 is 2.25 bits per heavy atom. The normalized spacial score (nSPS) is 50.0. The molecule has 0 radical (unpaired) electrons. The molecule has 2 aliphatic rings. The van der Waals surface area contributed by atoms with Crippen molar-refractivity contribution in [3.63, 3.8) is 0 Å². The molecule has 0 aromatic heterocycles. The third-order valence-electron chi connectivity index (χ3n) is 4.22. The molecule has 11 nitrogen and oxygen atoms in total. The molecular formula is C13H24O11. The van der Waals surface area contributed by atoms with E-state index in [1.165, 1.54) is 0 Å². The molecule has 1 unspecified atom stereocenters. The van der Waals surface area contributed by atoms with Gasteiger partial charge in [0.15, 0.2) is 6.29 Å². The summed E-state index contributed by atoms with van der Waals surface area (Å²) < 4.78 is 15.5. The van der Waals surface area contributed by atoms with Crippen LogP contribution in [0.5, 0.6) is 0 Å². The summed E-state index contributed by atoms with van der Waals surface area (Å²) in [5.74, 6) is -2.36. The maximum atomic E-state index is 9.91. The minimum Gasteiger partial charge on any atom is -0.394 e. The highest BCUT2D eigenvalue weighted by Crippen LogP contribution is 2.29. The molecule has 8 N–H and O–H groups in total. The standard InChI is InChI=1S/C13H24O11/c14-2-7-8(17)9(18)10(19)12(23-7)22-3-5-1-6(16)11(20)13(21,4-15)24-5/h5-12,14-21H,1-4H2/t5-,6-,7-,8+,9+,10-,11+,12+,13?/m1/s1. The highest BCUT2D eigenvalue weighted by Gasteiger charge is 2.49. The predicted molar refractivity (Wildman–Crippen MR) is 73.3 cm³/mol. The van der Waals surface area contributed by atoms with Gasteiger partial charge in [0.2, 0.25) is 5.79 Å². The minimum atomic E-state index is -2.36. The lowest BCUT2D eigenvalue weighted by Crippen LogP contribution is -2.62. The van der Waals surface area contributed by atoms with Gasteiger partial charge in [0.1, 0.15) is 30.5 Å². The molecule has 142 valence electrons. The van der Waals surface area contributed by atoms with Gasteiger partial charge in [-0.3, -0.25) is 0 Å². The van der Waals surface area contributed by atoms with E-state index in [1.54, 1.807) is 0 Å². The summed E-state index contributed by atoms with van der Waals surface area (Å²) in [7, 11) is 0. The Hall–Kier alpha value is -0.440. The quantitative estimate of drug-likeness (QED) is 0.235. The highest BCUT2D eigenvalue weighted by molar-refractivity contribution is 4.91. The molecule has 0 aromatic rings. The van der Waals surface area contributed by atoms with Gasteiger partial charge in [-0.2, -0.15) is 0 Å². The van der Waals surface area contributed by atoms with Gasteiger partial charge in [0.25, 0.3) is 0 Å². The molecule has 2 saturated heterocycles. The lowest BCUT2D eigenvalue weighted by molar-refractivity contribution is -0.350. The van der Waals surface area contributed by atoms with Crippen LogP contribution in [0.4, 0.5) is 0 Å². The molecule has 2 aliphatic heterocycles. The summed E-state index contributed by atoms with van der Waals surface area (Å²) in [4.78, 5) is 0. The Labute approximate surface area is 137 Å². The summed E-state index contributed by atoms with van der Waals surface area (Å²) in [6, 6.07) is 0. The summed E-state index contributed by atoms with van der Waals surface area (Å²) in [5, 5.41) is 76.6. The molecule has 0 aromatic carbocycles. The van der Waals surface area contributed by atoms with E-state index in [1.807, 2.05) is 0 Å². The van der Waals surface area contributed by atoms with Crippen LogP contribution >= 0.6 is 0 Å². The molecule has 0 bridgehead atoms. The SMILES string of the molecule is OC[C@H]1O[C@H](OC[C@H]2C[C@@H](O)[C@H](O)C(O)(CO)O2)[C@H](O)[C@@H](O)[C@H]1O. The molecule has 0 amide bonds. The fourth-order valence-electron chi connectivity index (χ4n) is 2.75. The molecule has 9 atom stereocenters. The molecule has 11 heteroatoms. The third kappa shape index (κ3) is 3.86. The van der Waals surface area contributed by atoms with Gasteiger partial charge < -0.3 is 55.1 Å². The predicted octanol–water partition coefficient (Wildman–Crippen LogP) is -5.01. The van der Waals surface area contributed by atoms with E-state index in [2.05, 4.69) is 0 Å². The van der Waals surface area contributed by atoms with Gasteiger partial charge in [-0.15, -0.1) is 0 Å².